The Morgan fingerprint density at radius 3 is 1.73 bits per heavy atom. The van der Waals surface area contributed by atoms with E-state index in [4.69, 9.17) is 9.57 Å². The molecule has 0 N–H and O–H groups in total. The van der Waals surface area contributed by atoms with Gasteiger partial charge in [0.2, 0.25) is 0 Å². The van der Waals surface area contributed by atoms with Crippen LogP contribution in [0.4, 0.5) is 0 Å². The molecule has 0 spiro atoms. The van der Waals surface area contributed by atoms with Crippen molar-refractivity contribution in [3.63, 3.8) is 0 Å². The Kier molecular flexibility index (Phi) is 10.2. The van der Waals surface area contributed by atoms with E-state index >= 15 is 0 Å². The van der Waals surface area contributed by atoms with Gasteiger partial charge in [-0.25, -0.2) is 8.42 Å². The molecule has 3 aromatic rings. The highest BCUT2D eigenvalue weighted by Crippen LogP contribution is 2.43. The number of carbonyl (C=O) groups excluding carboxylic acids is 4. The first-order valence-corrected chi connectivity index (χ1v) is 19.1. The standard InChI is InChI=1S/C39H45N3O8S/c1-25-26(2)34(27(3)28-19-20-39(4,5)50-33(25)28)51(47,48)42(49-24-14-22-41-37(45)31-17-10-11-18-32(31)38(41)46)23-13-7-6-12-21-40-35(43)29-15-8-9-16-30(29)36(40)44/h8-11,15-18H,6-7,12-14,19-24H2,1-5H3. The van der Waals surface area contributed by atoms with Crippen LogP contribution in [0, 0.1) is 20.8 Å². The van der Waals surface area contributed by atoms with E-state index in [1.165, 1.54) is 9.80 Å². The van der Waals surface area contributed by atoms with Crippen molar-refractivity contribution in [1.29, 1.82) is 0 Å². The molecule has 0 unspecified atom stereocenters. The van der Waals surface area contributed by atoms with Gasteiger partial charge in [-0.15, -0.1) is 0 Å². The highest BCUT2D eigenvalue weighted by molar-refractivity contribution is 7.89. The van der Waals surface area contributed by atoms with Crippen molar-refractivity contribution in [3.8, 4) is 5.75 Å². The van der Waals surface area contributed by atoms with Crippen molar-refractivity contribution in [2.45, 2.75) is 90.1 Å². The summed E-state index contributed by atoms with van der Waals surface area (Å²) >= 11 is 0. The van der Waals surface area contributed by atoms with E-state index in [-0.39, 0.29) is 66.8 Å². The molecule has 270 valence electrons. The lowest BCUT2D eigenvalue weighted by Crippen LogP contribution is -2.37. The second-order valence-electron chi connectivity index (χ2n) is 14.1. The molecule has 11 nitrogen and oxygen atoms in total. The molecule has 51 heavy (non-hydrogen) atoms. The fraction of sp³-hybridized carbons (Fsp3) is 0.436. The molecule has 0 saturated heterocycles. The Hall–Kier alpha value is -4.39. The van der Waals surface area contributed by atoms with Gasteiger partial charge < -0.3 is 4.74 Å². The molecule has 0 aromatic heterocycles. The smallest absolute Gasteiger partial charge is 0.265 e. The van der Waals surface area contributed by atoms with Crippen LogP contribution in [-0.4, -0.2) is 78.2 Å². The Labute approximate surface area is 299 Å². The average Bonchev–Trinajstić information content (AvgIpc) is 3.49. The van der Waals surface area contributed by atoms with Gasteiger partial charge in [-0.1, -0.05) is 41.6 Å². The Morgan fingerprint density at radius 2 is 1.20 bits per heavy atom. The van der Waals surface area contributed by atoms with Gasteiger partial charge >= 0.3 is 0 Å². The first kappa shape index (κ1) is 36.4. The Balaban J connectivity index is 1.13. The molecular formula is C39H45N3O8S. The summed E-state index contributed by atoms with van der Waals surface area (Å²) in [5.74, 6) is -0.582. The van der Waals surface area contributed by atoms with Crippen LogP contribution in [-0.2, 0) is 21.3 Å². The zero-order valence-corrected chi connectivity index (χ0v) is 30.7. The number of carbonyl (C=O) groups is 4. The van der Waals surface area contributed by atoms with E-state index in [2.05, 4.69) is 0 Å². The van der Waals surface area contributed by atoms with Gasteiger partial charge in [0.25, 0.3) is 33.7 Å². The summed E-state index contributed by atoms with van der Waals surface area (Å²) in [6, 6.07) is 13.5. The summed E-state index contributed by atoms with van der Waals surface area (Å²) < 4.78 is 36.3. The number of hydrogen-bond donors (Lipinski definition) is 0. The number of amides is 4. The number of rotatable bonds is 14. The maximum atomic E-state index is 14.5. The van der Waals surface area contributed by atoms with E-state index in [1.807, 2.05) is 27.7 Å². The fourth-order valence-electron chi connectivity index (χ4n) is 7.23. The van der Waals surface area contributed by atoms with E-state index in [9.17, 15) is 27.6 Å². The highest BCUT2D eigenvalue weighted by atomic mass is 32.2. The van der Waals surface area contributed by atoms with Crippen LogP contribution in [0.1, 0.15) is 116 Å². The summed E-state index contributed by atoms with van der Waals surface area (Å²) in [6.07, 6.45) is 4.04. The predicted octanol–water partition coefficient (Wildman–Crippen LogP) is 6.18. The summed E-state index contributed by atoms with van der Waals surface area (Å²) in [4.78, 5) is 59.8. The zero-order chi connectivity index (χ0) is 36.7. The lowest BCUT2D eigenvalue weighted by molar-refractivity contribution is -0.0867. The van der Waals surface area contributed by atoms with E-state index in [0.29, 0.717) is 65.5 Å². The summed E-state index contributed by atoms with van der Waals surface area (Å²) in [5, 5.41) is 0. The molecule has 0 bridgehead atoms. The first-order chi connectivity index (χ1) is 24.2. The molecule has 4 amide bonds. The van der Waals surface area contributed by atoms with Gasteiger partial charge in [0, 0.05) is 19.6 Å². The minimum Gasteiger partial charge on any atom is -0.487 e. The molecule has 0 atom stereocenters. The molecule has 12 heteroatoms. The normalized spacial score (nSPS) is 16.5. The number of nitrogens with zero attached hydrogens (tertiary/aromatic N) is 3. The molecule has 0 aliphatic carbocycles. The molecule has 6 rings (SSSR count). The molecule has 0 fully saturated rings. The van der Waals surface area contributed by atoms with Crippen molar-refractivity contribution in [3.05, 3.63) is 93.0 Å². The number of hydrogen-bond acceptors (Lipinski definition) is 8. The average molecular weight is 716 g/mol. The van der Waals surface area contributed by atoms with Crippen molar-refractivity contribution in [2.24, 2.45) is 0 Å². The van der Waals surface area contributed by atoms with Gasteiger partial charge in [0.15, 0.2) is 0 Å². The first-order valence-electron chi connectivity index (χ1n) is 17.6. The summed E-state index contributed by atoms with van der Waals surface area (Å²) in [5.41, 5.74) is 4.10. The van der Waals surface area contributed by atoms with Crippen molar-refractivity contribution in [2.75, 3.05) is 26.2 Å². The third-order valence-corrected chi connectivity index (χ3v) is 12.1. The molecular weight excluding hydrogens is 671 g/mol. The molecule has 3 aliphatic rings. The van der Waals surface area contributed by atoms with Crippen LogP contribution in [0.2, 0.25) is 0 Å². The molecule has 0 saturated carbocycles. The van der Waals surface area contributed by atoms with Crippen LogP contribution in [0.15, 0.2) is 53.4 Å². The second-order valence-corrected chi connectivity index (χ2v) is 15.9. The number of imide groups is 2. The van der Waals surface area contributed by atoms with Crippen molar-refractivity contribution in [1.82, 2.24) is 14.3 Å². The number of unbranched alkanes of at least 4 members (excludes halogenated alkanes) is 3. The lowest BCUT2D eigenvalue weighted by Gasteiger charge is -2.36. The topological polar surface area (TPSA) is 131 Å². The van der Waals surface area contributed by atoms with E-state index < -0.39 is 10.0 Å². The van der Waals surface area contributed by atoms with Crippen molar-refractivity contribution < 1.29 is 37.2 Å². The summed E-state index contributed by atoms with van der Waals surface area (Å²) in [6.45, 7) is 9.96. The number of sulfonamides is 1. The second kappa shape index (κ2) is 14.3. The third kappa shape index (κ3) is 6.84. The van der Waals surface area contributed by atoms with Crippen LogP contribution in [0.25, 0.3) is 0 Å². The number of fused-ring (bicyclic) bond motifs is 3. The van der Waals surface area contributed by atoms with Gasteiger partial charge in [0.1, 0.15) is 11.4 Å². The Morgan fingerprint density at radius 1 is 0.706 bits per heavy atom. The van der Waals surface area contributed by atoms with Crippen LogP contribution < -0.4 is 4.74 Å². The lowest BCUT2D eigenvalue weighted by atomic mass is 9.88. The number of benzene rings is 3. The van der Waals surface area contributed by atoms with Crippen molar-refractivity contribution >= 4 is 33.7 Å². The van der Waals surface area contributed by atoms with E-state index in [0.717, 1.165) is 27.8 Å². The van der Waals surface area contributed by atoms with Crippen LogP contribution in [0.3, 0.4) is 0 Å². The SMILES string of the molecule is Cc1c(C)c(S(=O)(=O)N(CCCCCCN2C(=O)c3ccccc3C2=O)OCCCN2C(=O)c3ccccc3C2=O)c(C)c2c1OC(C)(C)CC2. The zero-order valence-electron chi connectivity index (χ0n) is 29.9. The molecule has 0 radical (unpaired) electrons. The summed E-state index contributed by atoms with van der Waals surface area (Å²) in [7, 11) is -4.15. The maximum absolute atomic E-state index is 14.5. The minimum atomic E-state index is -4.15. The Bertz CT molecular complexity index is 1950. The largest absolute Gasteiger partial charge is 0.487 e. The quantitative estimate of drug-likeness (QED) is 0.110. The fourth-order valence-corrected chi connectivity index (χ4v) is 9.07. The monoisotopic (exact) mass is 715 g/mol. The van der Waals surface area contributed by atoms with Gasteiger partial charge in [-0.2, -0.15) is 0 Å². The minimum absolute atomic E-state index is 0.0360. The third-order valence-electron chi connectivity index (χ3n) is 10.2. The van der Waals surface area contributed by atoms with Crippen LogP contribution in [0.5, 0.6) is 5.75 Å². The van der Waals surface area contributed by atoms with E-state index in [1.54, 1.807) is 55.5 Å². The number of ether oxygens (including phenoxy) is 1. The number of hydroxylamine groups is 1. The van der Waals surface area contributed by atoms with Crippen LogP contribution >= 0.6 is 0 Å². The van der Waals surface area contributed by atoms with Gasteiger partial charge in [0.05, 0.1) is 33.8 Å². The molecule has 3 aromatic carbocycles. The highest BCUT2D eigenvalue weighted by Gasteiger charge is 2.38. The maximum Gasteiger partial charge on any atom is 0.265 e. The predicted molar refractivity (Wildman–Crippen MR) is 190 cm³/mol. The van der Waals surface area contributed by atoms with Gasteiger partial charge in [-0.05, 0) is 113 Å². The molecule has 3 heterocycles. The molecule has 3 aliphatic heterocycles. The van der Waals surface area contributed by atoms with Gasteiger partial charge in [-0.3, -0.25) is 33.8 Å².